The molecule has 1 aliphatic heterocycles. The number of carbonyl (C=O) groups excluding carboxylic acids is 3. The number of hydrogen-bond donors (Lipinski definition) is 3. The SMILES string of the molecule is CC(C)(N)C(=O)N[C@H](COCc1ccc(F)cc1F)c1nnnn1CCOC(=O)N1CC[C@@H](NC(=O)c2ccccc2)C1. The second kappa shape index (κ2) is 14.1. The second-order valence-electron chi connectivity index (χ2n) is 10.6. The van der Waals surface area contributed by atoms with Gasteiger partial charge in [-0.1, -0.05) is 24.3 Å². The molecule has 4 N–H and O–H groups in total. The van der Waals surface area contributed by atoms with Crippen LogP contribution in [0.3, 0.4) is 0 Å². The summed E-state index contributed by atoms with van der Waals surface area (Å²) in [7, 11) is 0. The summed E-state index contributed by atoms with van der Waals surface area (Å²) in [6.45, 7) is 3.38. The lowest BCUT2D eigenvalue weighted by molar-refractivity contribution is -0.126. The van der Waals surface area contributed by atoms with Crippen molar-refractivity contribution in [1.29, 1.82) is 0 Å². The van der Waals surface area contributed by atoms with Gasteiger partial charge in [-0.05, 0) is 48.9 Å². The van der Waals surface area contributed by atoms with E-state index in [-0.39, 0.29) is 49.7 Å². The quantitative estimate of drug-likeness (QED) is 0.280. The Kier molecular flexibility index (Phi) is 10.3. The molecule has 2 heterocycles. The van der Waals surface area contributed by atoms with Crippen LogP contribution in [0.1, 0.15) is 48.1 Å². The molecule has 1 aliphatic rings. The molecule has 4 rings (SSSR count). The van der Waals surface area contributed by atoms with Crippen LogP contribution in [-0.4, -0.2) is 80.9 Å². The van der Waals surface area contributed by atoms with Crippen LogP contribution in [0, 0.1) is 11.6 Å². The van der Waals surface area contributed by atoms with Crippen LogP contribution in [0.25, 0.3) is 0 Å². The Morgan fingerprint density at radius 1 is 1.16 bits per heavy atom. The molecule has 15 heteroatoms. The minimum atomic E-state index is -1.23. The van der Waals surface area contributed by atoms with E-state index in [1.807, 2.05) is 6.07 Å². The second-order valence-corrected chi connectivity index (χ2v) is 10.6. The lowest BCUT2D eigenvalue weighted by Crippen LogP contribution is -2.51. The molecule has 2 atom stereocenters. The number of nitrogens with two attached hydrogens (primary N) is 1. The molecule has 1 fully saturated rings. The van der Waals surface area contributed by atoms with Gasteiger partial charge in [0.15, 0.2) is 5.82 Å². The number of likely N-dealkylation sites (tertiary alicyclic amines) is 1. The van der Waals surface area contributed by atoms with Crippen LogP contribution in [-0.2, 0) is 27.4 Å². The molecule has 0 radical (unpaired) electrons. The largest absolute Gasteiger partial charge is 0.447 e. The fourth-order valence-electron chi connectivity index (χ4n) is 4.28. The molecule has 0 spiro atoms. The van der Waals surface area contributed by atoms with Gasteiger partial charge in [0.1, 0.15) is 24.3 Å². The minimum Gasteiger partial charge on any atom is -0.447 e. The van der Waals surface area contributed by atoms with Crippen molar-refractivity contribution in [1.82, 2.24) is 35.7 Å². The molecule has 3 aromatic rings. The average Bonchev–Trinajstić information content (AvgIpc) is 3.63. The molecule has 43 heavy (non-hydrogen) atoms. The number of nitrogens with zero attached hydrogens (tertiary/aromatic N) is 5. The summed E-state index contributed by atoms with van der Waals surface area (Å²) >= 11 is 0. The van der Waals surface area contributed by atoms with Crippen molar-refractivity contribution < 1.29 is 32.6 Å². The average molecular weight is 601 g/mol. The fraction of sp³-hybridized carbons (Fsp3) is 0.429. The number of hydrogen-bond acceptors (Lipinski definition) is 9. The van der Waals surface area contributed by atoms with Crippen LogP contribution in [0.15, 0.2) is 48.5 Å². The molecule has 1 saturated heterocycles. The van der Waals surface area contributed by atoms with E-state index in [4.69, 9.17) is 15.2 Å². The van der Waals surface area contributed by atoms with Crippen molar-refractivity contribution in [3.05, 3.63) is 77.1 Å². The van der Waals surface area contributed by atoms with E-state index in [0.717, 1.165) is 12.1 Å². The highest BCUT2D eigenvalue weighted by atomic mass is 19.1. The van der Waals surface area contributed by atoms with Gasteiger partial charge in [0.2, 0.25) is 5.91 Å². The predicted octanol–water partition coefficient (Wildman–Crippen LogP) is 1.70. The zero-order valence-electron chi connectivity index (χ0n) is 23.8. The molecule has 0 unspecified atom stereocenters. The molecular formula is C28H34F2N8O5. The van der Waals surface area contributed by atoms with Gasteiger partial charge in [0.25, 0.3) is 5.91 Å². The Balaban J connectivity index is 1.31. The number of nitrogens with one attached hydrogen (secondary N) is 2. The first-order valence-electron chi connectivity index (χ1n) is 13.7. The molecule has 230 valence electrons. The molecule has 2 aromatic carbocycles. The van der Waals surface area contributed by atoms with Gasteiger partial charge in [0, 0.05) is 36.3 Å². The Hall–Kier alpha value is -4.50. The van der Waals surface area contributed by atoms with E-state index in [1.165, 1.54) is 29.5 Å². The van der Waals surface area contributed by atoms with E-state index < -0.39 is 35.2 Å². The summed E-state index contributed by atoms with van der Waals surface area (Å²) < 4.78 is 39.6. The maximum absolute atomic E-state index is 14.0. The normalized spacial score (nSPS) is 15.7. The van der Waals surface area contributed by atoms with Crippen molar-refractivity contribution >= 4 is 17.9 Å². The topological polar surface area (TPSA) is 167 Å². The Morgan fingerprint density at radius 3 is 2.65 bits per heavy atom. The molecule has 1 aromatic heterocycles. The van der Waals surface area contributed by atoms with Gasteiger partial charge in [-0.15, -0.1) is 5.10 Å². The lowest BCUT2D eigenvalue weighted by atomic mass is 10.1. The summed E-state index contributed by atoms with van der Waals surface area (Å²) in [4.78, 5) is 39.2. The summed E-state index contributed by atoms with van der Waals surface area (Å²) in [5.74, 6) is -2.01. The summed E-state index contributed by atoms with van der Waals surface area (Å²) in [6, 6.07) is 10.8. The molecule has 0 bridgehead atoms. The first-order chi connectivity index (χ1) is 20.5. The summed E-state index contributed by atoms with van der Waals surface area (Å²) in [5, 5.41) is 17.3. The van der Waals surface area contributed by atoms with Gasteiger partial charge in [-0.25, -0.2) is 18.3 Å². The molecular weight excluding hydrogens is 566 g/mol. The van der Waals surface area contributed by atoms with E-state index in [2.05, 4.69) is 26.2 Å². The number of amides is 3. The van der Waals surface area contributed by atoms with E-state index in [9.17, 15) is 23.2 Å². The first-order valence-corrected chi connectivity index (χ1v) is 13.7. The number of carbonyl (C=O) groups is 3. The number of benzene rings is 2. The molecule has 0 aliphatic carbocycles. The lowest BCUT2D eigenvalue weighted by Gasteiger charge is -2.24. The van der Waals surface area contributed by atoms with Crippen LogP contribution >= 0.6 is 0 Å². The highest BCUT2D eigenvalue weighted by molar-refractivity contribution is 5.94. The van der Waals surface area contributed by atoms with Gasteiger partial charge < -0.3 is 30.7 Å². The monoisotopic (exact) mass is 600 g/mol. The number of aromatic nitrogens is 4. The van der Waals surface area contributed by atoms with Crippen molar-refractivity contribution in [2.75, 3.05) is 26.3 Å². The van der Waals surface area contributed by atoms with Gasteiger partial charge in [0.05, 0.1) is 25.3 Å². The Labute approximate surface area is 246 Å². The van der Waals surface area contributed by atoms with Crippen molar-refractivity contribution in [3.8, 4) is 0 Å². The maximum Gasteiger partial charge on any atom is 0.409 e. The predicted molar refractivity (Wildman–Crippen MR) is 148 cm³/mol. The molecule has 3 amide bonds. The zero-order valence-corrected chi connectivity index (χ0v) is 23.8. The highest BCUT2D eigenvalue weighted by Crippen LogP contribution is 2.16. The highest BCUT2D eigenvalue weighted by Gasteiger charge is 2.30. The maximum atomic E-state index is 14.0. The van der Waals surface area contributed by atoms with Crippen LogP contribution < -0.4 is 16.4 Å². The number of rotatable bonds is 12. The van der Waals surface area contributed by atoms with Crippen molar-refractivity contribution in [2.45, 2.75) is 51.0 Å². The fourth-order valence-corrected chi connectivity index (χ4v) is 4.28. The van der Waals surface area contributed by atoms with Crippen LogP contribution in [0.4, 0.5) is 13.6 Å². The third kappa shape index (κ3) is 8.75. The third-order valence-electron chi connectivity index (χ3n) is 6.67. The molecule has 13 nitrogen and oxygen atoms in total. The van der Waals surface area contributed by atoms with Gasteiger partial charge in [-0.2, -0.15) is 0 Å². The van der Waals surface area contributed by atoms with Crippen molar-refractivity contribution in [3.63, 3.8) is 0 Å². The number of halogens is 2. The summed E-state index contributed by atoms with van der Waals surface area (Å²) in [6.07, 6.45) is 0.0383. The van der Waals surface area contributed by atoms with E-state index in [0.29, 0.717) is 25.1 Å². The Morgan fingerprint density at radius 2 is 1.93 bits per heavy atom. The number of tetrazole rings is 1. The first kappa shape index (κ1) is 31.4. The van der Waals surface area contributed by atoms with E-state index in [1.54, 1.807) is 24.3 Å². The van der Waals surface area contributed by atoms with Crippen LogP contribution in [0.2, 0.25) is 0 Å². The van der Waals surface area contributed by atoms with Gasteiger partial charge >= 0.3 is 6.09 Å². The van der Waals surface area contributed by atoms with Crippen molar-refractivity contribution in [2.24, 2.45) is 5.73 Å². The number of ether oxygens (including phenoxy) is 2. The Bertz CT molecular complexity index is 1420. The van der Waals surface area contributed by atoms with Crippen LogP contribution in [0.5, 0.6) is 0 Å². The molecule has 0 saturated carbocycles. The van der Waals surface area contributed by atoms with Gasteiger partial charge in [-0.3, -0.25) is 9.59 Å². The smallest absolute Gasteiger partial charge is 0.409 e. The standard InChI is InChI=1S/C28H34F2N8O5/c1-28(2,31)26(40)33-23(17-42-16-19-8-9-20(29)14-22(19)30)24-34-35-36-38(24)12-13-43-27(41)37-11-10-21(15-37)32-25(39)18-6-4-3-5-7-18/h3-9,14,21,23H,10-13,15-17,31H2,1-2H3,(H,32,39)(H,33,40)/t21-,23-/m1/s1. The minimum absolute atomic E-state index is 0.0566. The zero-order chi connectivity index (χ0) is 31.0. The van der Waals surface area contributed by atoms with E-state index >= 15 is 0 Å². The summed E-state index contributed by atoms with van der Waals surface area (Å²) in [5.41, 5.74) is 5.36. The third-order valence-corrected chi connectivity index (χ3v) is 6.67.